The molecule has 7 heteroatoms. The predicted octanol–water partition coefficient (Wildman–Crippen LogP) is 3.34. The average molecular weight is 332 g/mol. The molecule has 0 fully saturated rings. The molecular formula is C17H14F2N2O3. The second-order valence-corrected chi connectivity index (χ2v) is 4.98. The number of hydrogen-bond donors (Lipinski definition) is 1. The Kier molecular flexibility index (Phi) is 4.81. The molecule has 5 nitrogen and oxygen atoms in total. The Labute approximate surface area is 136 Å². The highest BCUT2D eigenvalue weighted by Crippen LogP contribution is 2.22. The van der Waals surface area contributed by atoms with Crippen LogP contribution in [-0.2, 0) is 0 Å². The monoisotopic (exact) mass is 332 g/mol. The Hall–Kier alpha value is -2.80. The predicted molar refractivity (Wildman–Crippen MR) is 83.1 cm³/mol. The normalized spacial score (nSPS) is 12.3. The van der Waals surface area contributed by atoms with Crippen LogP contribution in [0.1, 0.15) is 11.7 Å². The number of alkyl halides is 2. The minimum Gasteiger partial charge on any atom is -0.490 e. The number of hydrogen-bond acceptors (Lipinski definition) is 5. The fraction of sp³-hybridized carbons (Fsp3) is 0.176. The molecule has 0 aliphatic heterocycles. The van der Waals surface area contributed by atoms with Gasteiger partial charge in [-0.05, 0) is 29.8 Å². The van der Waals surface area contributed by atoms with Gasteiger partial charge in [-0.15, -0.1) is 0 Å². The maximum Gasteiger partial charge on any atom is 0.387 e. The van der Waals surface area contributed by atoms with Crippen molar-refractivity contribution < 1.29 is 23.4 Å². The number of aliphatic hydroxyl groups is 1. The minimum absolute atomic E-state index is 0.0147. The van der Waals surface area contributed by atoms with Crippen molar-refractivity contribution in [2.24, 2.45) is 0 Å². The lowest BCUT2D eigenvalue weighted by molar-refractivity contribution is -0.0498. The van der Waals surface area contributed by atoms with E-state index in [1.807, 2.05) is 0 Å². The molecule has 24 heavy (non-hydrogen) atoms. The van der Waals surface area contributed by atoms with Crippen LogP contribution in [0.4, 0.5) is 8.78 Å². The molecule has 0 saturated heterocycles. The molecule has 3 aromatic rings. The molecule has 0 bridgehead atoms. The van der Waals surface area contributed by atoms with Crippen LogP contribution in [0.15, 0.2) is 54.9 Å². The van der Waals surface area contributed by atoms with E-state index in [4.69, 9.17) is 4.74 Å². The maximum absolute atomic E-state index is 12.1. The standard InChI is InChI=1S/C17H14F2N2O3/c18-17(19)24-12-3-1-11(2-4-12)16(22)10-23-13-5-6-14-15(9-13)21-8-7-20-14/h1-9,16-17,22H,10H2. The van der Waals surface area contributed by atoms with Crippen molar-refractivity contribution in [1.82, 2.24) is 9.97 Å². The van der Waals surface area contributed by atoms with Crippen LogP contribution < -0.4 is 9.47 Å². The summed E-state index contributed by atoms with van der Waals surface area (Å²) in [6, 6.07) is 11.0. The molecular weight excluding hydrogens is 318 g/mol. The fourth-order valence-corrected chi connectivity index (χ4v) is 2.18. The maximum atomic E-state index is 12.1. The zero-order valence-electron chi connectivity index (χ0n) is 12.5. The molecule has 0 spiro atoms. The van der Waals surface area contributed by atoms with Gasteiger partial charge in [0.1, 0.15) is 24.2 Å². The van der Waals surface area contributed by atoms with E-state index in [1.165, 1.54) is 24.3 Å². The van der Waals surface area contributed by atoms with Crippen LogP contribution in [-0.4, -0.2) is 28.3 Å². The van der Waals surface area contributed by atoms with Crippen molar-refractivity contribution in [2.75, 3.05) is 6.61 Å². The van der Waals surface area contributed by atoms with Gasteiger partial charge in [0, 0.05) is 18.5 Å². The molecule has 124 valence electrons. The summed E-state index contributed by atoms with van der Waals surface area (Å²) >= 11 is 0. The fourth-order valence-electron chi connectivity index (χ4n) is 2.18. The molecule has 1 heterocycles. The first-order valence-electron chi connectivity index (χ1n) is 7.18. The van der Waals surface area contributed by atoms with Crippen molar-refractivity contribution in [3.8, 4) is 11.5 Å². The van der Waals surface area contributed by atoms with Gasteiger partial charge in [-0.3, -0.25) is 9.97 Å². The summed E-state index contributed by atoms with van der Waals surface area (Å²) < 4.78 is 34.0. The van der Waals surface area contributed by atoms with Crippen LogP contribution in [0.25, 0.3) is 11.0 Å². The number of aliphatic hydroxyl groups excluding tert-OH is 1. The Morgan fingerprint density at radius 3 is 2.29 bits per heavy atom. The van der Waals surface area contributed by atoms with E-state index in [0.717, 1.165) is 5.52 Å². The summed E-state index contributed by atoms with van der Waals surface area (Å²) in [5, 5.41) is 10.1. The van der Waals surface area contributed by atoms with Gasteiger partial charge in [0.25, 0.3) is 0 Å². The summed E-state index contributed by atoms with van der Waals surface area (Å²) in [7, 11) is 0. The van der Waals surface area contributed by atoms with Gasteiger partial charge < -0.3 is 14.6 Å². The molecule has 0 saturated carbocycles. The van der Waals surface area contributed by atoms with Gasteiger partial charge in [-0.1, -0.05) is 12.1 Å². The van der Waals surface area contributed by atoms with Crippen molar-refractivity contribution in [1.29, 1.82) is 0 Å². The van der Waals surface area contributed by atoms with E-state index in [9.17, 15) is 13.9 Å². The largest absolute Gasteiger partial charge is 0.490 e. The lowest BCUT2D eigenvalue weighted by Crippen LogP contribution is -2.10. The summed E-state index contributed by atoms with van der Waals surface area (Å²) in [6.07, 6.45) is 2.29. The quantitative estimate of drug-likeness (QED) is 0.750. The molecule has 1 N–H and O–H groups in total. The molecule has 0 aliphatic carbocycles. The first-order chi connectivity index (χ1) is 11.6. The third-order valence-electron chi connectivity index (χ3n) is 3.34. The van der Waals surface area contributed by atoms with E-state index in [0.29, 0.717) is 16.8 Å². The molecule has 1 atom stereocenters. The van der Waals surface area contributed by atoms with Crippen LogP contribution in [0, 0.1) is 0 Å². The van der Waals surface area contributed by atoms with Gasteiger partial charge in [0.15, 0.2) is 0 Å². The third-order valence-corrected chi connectivity index (χ3v) is 3.34. The van der Waals surface area contributed by atoms with Gasteiger partial charge in [0.05, 0.1) is 11.0 Å². The third kappa shape index (κ3) is 3.94. The van der Waals surface area contributed by atoms with Gasteiger partial charge in [0.2, 0.25) is 0 Å². The number of nitrogens with zero attached hydrogens (tertiary/aromatic N) is 2. The Morgan fingerprint density at radius 2 is 1.58 bits per heavy atom. The molecule has 1 aromatic heterocycles. The Balaban J connectivity index is 1.62. The summed E-state index contributed by atoms with van der Waals surface area (Å²) in [5.74, 6) is 0.592. The lowest BCUT2D eigenvalue weighted by atomic mass is 10.1. The Morgan fingerprint density at radius 1 is 0.917 bits per heavy atom. The van der Waals surface area contributed by atoms with Gasteiger partial charge in [-0.25, -0.2) is 0 Å². The highest BCUT2D eigenvalue weighted by Gasteiger charge is 2.10. The molecule has 1 unspecified atom stereocenters. The second-order valence-electron chi connectivity index (χ2n) is 4.98. The smallest absolute Gasteiger partial charge is 0.387 e. The molecule has 3 rings (SSSR count). The number of ether oxygens (including phenoxy) is 2. The number of halogens is 2. The van der Waals surface area contributed by atoms with Crippen molar-refractivity contribution in [3.63, 3.8) is 0 Å². The van der Waals surface area contributed by atoms with E-state index in [-0.39, 0.29) is 12.4 Å². The first kappa shape index (κ1) is 16.1. The molecule has 0 amide bonds. The van der Waals surface area contributed by atoms with Crippen LogP contribution in [0.2, 0.25) is 0 Å². The Bertz CT molecular complexity index is 812. The summed E-state index contributed by atoms with van der Waals surface area (Å²) in [4.78, 5) is 8.34. The summed E-state index contributed by atoms with van der Waals surface area (Å²) in [5.41, 5.74) is 1.98. The SMILES string of the molecule is OC(COc1ccc2nccnc2c1)c1ccc(OC(F)F)cc1. The highest BCUT2D eigenvalue weighted by atomic mass is 19.3. The van der Waals surface area contributed by atoms with E-state index in [1.54, 1.807) is 30.6 Å². The van der Waals surface area contributed by atoms with Crippen molar-refractivity contribution >= 4 is 11.0 Å². The molecule has 2 aromatic carbocycles. The van der Waals surface area contributed by atoms with E-state index in [2.05, 4.69) is 14.7 Å². The number of fused-ring (bicyclic) bond motifs is 1. The number of aromatic nitrogens is 2. The topological polar surface area (TPSA) is 64.5 Å². The second kappa shape index (κ2) is 7.18. The number of benzene rings is 2. The highest BCUT2D eigenvalue weighted by molar-refractivity contribution is 5.75. The number of rotatable bonds is 6. The van der Waals surface area contributed by atoms with Crippen LogP contribution in [0.3, 0.4) is 0 Å². The molecule has 0 radical (unpaired) electrons. The van der Waals surface area contributed by atoms with Crippen LogP contribution >= 0.6 is 0 Å². The average Bonchev–Trinajstić information content (AvgIpc) is 2.59. The first-order valence-corrected chi connectivity index (χ1v) is 7.18. The van der Waals surface area contributed by atoms with Crippen LogP contribution in [0.5, 0.6) is 11.5 Å². The zero-order chi connectivity index (χ0) is 16.9. The minimum atomic E-state index is -2.87. The molecule has 0 aliphatic rings. The lowest BCUT2D eigenvalue weighted by Gasteiger charge is -2.13. The van der Waals surface area contributed by atoms with Gasteiger partial charge >= 0.3 is 6.61 Å². The van der Waals surface area contributed by atoms with E-state index >= 15 is 0 Å². The van der Waals surface area contributed by atoms with Gasteiger partial charge in [-0.2, -0.15) is 8.78 Å². The van der Waals surface area contributed by atoms with Crippen molar-refractivity contribution in [2.45, 2.75) is 12.7 Å². The summed E-state index contributed by atoms with van der Waals surface area (Å²) in [6.45, 7) is -2.86. The van der Waals surface area contributed by atoms with Crippen molar-refractivity contribution in [3.05, 3.63) is 60.4 Å². The zero-order valence-corrected chi connectivity index (χ0v) is 12.5. The van der Waals surface area contributed by atoms with E-state index < -0.39 is 12.7 Å².